The molecule has 122 valence electrons. The van der Waals surface area contributed by atoms with E-state index >= 15 is 0 Å². The molecular weight excluding hydrogens is 479 g/mol. The van der Waals surface area contributed by atoms with Gasteiger partial charge in [-0.1, -0.05) is 0 Å². The van der Waals surface area contributed by atoms with E-state index in [9.17, 15) is 4.79 Å². The summed E-state index contributed by atoms with van der Waals surface area (Å²) in [6, 6.07) is 1.85. The molecule has 4 N–H and O–H groups in total. The zero-order valence-corrected chi connectivity index (χ0v) is 15.7. The number of rotatable bonds is 6. The zero-order valence-electron chi connectivity index (χ0n) is 11.9. The summed E-state index contributed by atoms with van der Waals surface area (Å²) in [5, 5.41) is 14.5. The first-order chi connectivity index (χ1) is 11.1. The lowest BCUT2D eigenvalue weighted by Gasteiger charge is -2.10. The average Bonchev–Trinajstić information content (AvgIpc) is 3.21. The molecule has 2 aromatic heterocycles. The fraction of sp³-hybridized carbons (Fsp3) is 0.308. The standard InChI is InChI=1S/C13H14BrIN6O2/c14-7-3-8(23-6-7)4-9-11(20-21(15)13(9)22)12-10(5-18-19-12)17-2-1-16/h3,5-6,9,17H,1-2,4,16H2,(H,18,19). The number of aromatic nitrogens is 2. The first-order valence-corrected chi connectivity index (χ1v) is 8.64. The van der Waals surface area contributed by atoms with Gasteiger partial charge in [0.25, 0.3) is 5.91 Å². The summed E-state index contributed by atoms with van der Waals surface area (Å²) in [5.74, 6) is 0.196. The molecule has 1 aliphatic rings. The van der Waals surface area contributed by atoms with Crippen LogP contribution in [-0.4, -0.2) is 38.1 Å². The minimum absolute atomic E-state index is 0.0903. The van der Waals surface area contributed by atoms with Crippen molar-refractivity contribution in [3.8, 4) is 0 Å². The number of aromatic amines is 1. The van der Waals surface area contributed by atoms with Crippen molar-refractivity contribution in [2.24, 2.45) is 16.8 Å². The first-order valence-electron chi connectivity index (χ1n) is 6.89. The number of carbonyl (C=O) groups excluding carboxylic acids is 1. The summed E-state index contributed by atoms with van der Waals surface area (Å²) in [6.07, 6.45) is 3.68. The van der Waals surface area contributed by atoms with E-state index in [1.807, 2.05) is 28.9 Å². The number of hydrogen-bond acceptors (Lipinski definition) is 6. The molecule has 2 aromatic rings. The molecule has 1 aliphatic heterocycles. The van der Waals surface area contributed by atoms with Crippen molar-refractivity contribution in [3.63, 3.8) is 0 Å². The lowest BCUT2D eigenvalue weighted by molar-refractivity contribution is -0.126. The van der Waals surface area contributed by atoms with E-state index < -0.39 is 5.92 Å². The Labute approximate surface area is 154 Å². The van der Waals surface area contributed by atoms with Crippen molar-refractivity contribution >= 4 is 56.1 Å². The normalized spacial score (nSPS) is 17.7. The van der Waals surface area contributed by atoms with E-state index in [1.165, 1.54) is 3.22 Å². The molecule has 3 rings (SSSR count). The first kappa shape index (κ1) is 16.5. The number of amides is 1. The van der Waals surface area contributed by atoms with E-state index in [4.69, 9.17) is 10.2 Å². The van der Waals surface area contributed by atoms with Gasteiger partial charge in [-0.3, -0.25) is 9.89 Å². The number of nitrogens with two attached hydrogens (primary N) is 1. The highest BCUT2D eigenvalue weighted by Gasteiger charge is 2.38. The van der Waals surface area contributed by atoms with E-state index in [2.05, 4.69) is 36.5 Å². The van der Waals surface area contributed by atoms with Crippen molar-refractivity contribution in [3.05, 3.63) is 34.5 Å². The van der Waals surface area contributed by atoms with Crippen molar-refractivity contribution in [2.45, 2.75) is 6.42 Å². The molecule has 1 atom stereocenters. The van der Waals surface area contributed by atoms with Gasteiger partial charge in [0.05, 0.1) is 45.1 Å². The molecule has 0 saturated heterocycles. The summed E-state index contributed by atoms with van der Waals surface area (Å²) in [7, 11) is 0. The van der Waals surface area contributed by atoms with Crippen LogP contribution in [0.4, 0.5) is 5.69 Å². The number of hydrogen-bond donors (Lipinski definition) is 3. The number of carbonyl (C=O) groups is 1. The van der Waals surface area contributed by atoms with Crippen LogP contribution < -0.4 is 11.1 Å². The van der Waals surface area contributed by atoms with Crippen LogP contribution in [0.25, 0.3) is 0 Å². The van der Waals surface area contributed by atoms with Crippen LogP contribution in [0, 0.1) is 5.92 Å². The number of nitrogens with zero attached hydrogens (tertiary/aromatic N) is 3. The average molecular weight is 493 g/mol. The van der Waals surface area contributed by atoms with Gasteiger partial charge in [0, 0.05) is 19.5 Å². The van der Waals surface area contributed by atoms with Gasteiger partial charge in [0.15, 0.2) is 0 Å². The molecule has 0 aromatic carbocycles. The van der Waals surface area contributed by atoms with Gasteiger partial charge >= 0.3 is 0 Å². The Morgan fingerprint density at radius 3 is 3.09 bits per heavy atom. The second-order valence-corrected chi connectivity index (χ2v) is 6.78. The largest absolute Gasteiger partial charge is 0.468 e. The minimum atomic E-state index is -0.427. The van der Waals surface area contributed by atoms with E-state index in [0.29, 0.717) is 36.7 Å². The fourth-order valence-corrected chi connectivity index (χ4v) is 3.27. The lowest BCUT2D eigenvalue weighted by Crippen LogP contribution is -2.25. The van der Waals surface area contributed by atoms with Gasteiger partial charge in [0.2, 0.25) is 0 Å². The third kappa shape index (κ3) is 3.43. The van der Waals surface area contributed by atoms with Crippen molar-refractivity contribution in [1.82, 2.24) is 13.4 Å². The molecule has 1 amide bonds. The van der Waals surface area contributed by atoms with Crippen LogP contribution in [0.2, 0.25) is 0 Å². The van der Waals surface area contributed by atoms with Crippen LogP contribution in [0.15, 0.2) is 32.5 Å². The molecule has 0 fully saturated rings. The van der Waals surface area contributed by atoms with Gasteiger partial charge < -0.3 is 15.5 Å². The molecule has 23 heavy (non-hydrogen) atoms. The molecule has 3 heterocycles. The Balaban J connectivity index is 1.88. The van der Waals surface area contributed by atoms with E-state index in [1.54, 1.807) is 12.5 Å². The van der Waals surface area contributed by atoms with Gasteiger partial charge in [-0.05, 0) is 22.0 Å². The smallest absolute Gasteiger partial charge is 0.261 e. The molecule has 0 radical (unpaired) electrons. The minimum Gasteiger partial charge on any atom is -0.468 e. The number of anilines is 1. The third-order valence-electron chi connectivity index (χ3n) is 3.39. The van der Waals surface area contributed by atoms with Crippen LogP contribution in [0.5, 0.6) is 0 Å². The molecule has 0 aliphatic carbocycles. The van der Waals surface area contributed by atoms with Crippen molar-refractivity contribution in [1.29, 1.82) is 0 Å². The highest BCUT2D eigenvalue weighted by molar-refractivity contribution is 14.1. The maximum absolute atomic E-state index is 12.4. The predicted octanol–water partition coefficient (Wildman–Crippen LogP) is 1.89. The van der Waals surface area contributed by atoms with E-state index in [0.717, 1.165) is 10.2 Å². The van der Waals surface area contributed by atoms with Crippen LogP contribution in [0.1, 0.15) is 11.5 Å². The second kappa shape index (κ2) is 7.01. The van der Waals surface area contributed by atoms with Crippen molar-refractivity contribution < 1.29 is 9.21 Å². The quantitative estimate of drug-likeness (QED) is 0.421. The van der Waals surface area contributed by atoms with Crippen molar-refractivity contribution in [2.75, 3.05) is 18.4 Å². The maximum atomic E-state index is 12.4. The number of furan rings is 1. The number of nitrogens with one attached hydrogen (secondary N) is 2. The molecule has 0 saturated carbocycles. The Bertz CT molecular complexity index is 742. The molecule has 1 unspecified atom stereocenters. The summed E-state index contributed by atoms with van der Waals surface area (Å²) < 4.78 is 7.60. The topological polar surface area (TPSA) is 113 Å². The van der Waals surface area contributed by atoms with Gasteiger partial charge in [-0.25, -0.2) is 0 Å². The monoisotopic (exact) mass is 492 g/mol. The fourth-order valence-electron chi connectivity index (χ4n) is 2.35. The Kier molecular flexibility index (Phi) is 5.02. The Hall–Kier alpha value is -1.40. The predicted molar refractivity (Wildman–Crippen MR) is 97.1 cm³/mol. The summed E-state index contributed by atoms with van der Waals surface area (Å²) in [4.78, 5) is 12.4. The van der Waals surface area contributed by atoms with Crippen LogP contribution in [-0.2, 0) is 11.2 Å². The van der Waals surface area contributed by atoms with Gasteiger partial charge in [-0.2, -0.15) is 13.4 Å². The SMILES string of the molecule is NCCNc1cn[nH]c1C1=NN(I)C(=O)C1Cc1cc(Br)co1. The Morgan fingerprint density at radius 1 is 1.57 bits per heavy atom. The van der Waals surface area contributed by atoms with Gasteiger partial charge in [-0.15, -0.1) is 0 Å². The molecule has 0 spiro atoms. The number of hydrazone groups is 1. The lowest BCUT2D eigenvalue weighted by atomic mass is 9.95. The molecule has 8 nitrogen and oxygen atoms in total. The number of halogens is 2. The maximum Gasteiger partial charge on any atom is 0.261 e. The summed E-state index contributed by atoms with van der Waals surface area (Å²) in [6.45, 7) is 1.11. The molecule has 10 heteroatoms. The van der Waals surface area contributed by atoms with Crippen LogP contribution >= 0.6 is 38.8 Å². The van der Waals surface area contributed by atoms with E-state index in [-0.39, 0.29) is 5.91 Å². The third-order valence-corrected chi connectivity index (χ3v) is 4.49. The second-order valence-electron chi connectivity index (χ2n) is 4.95. The highest BCUT2D eigenvalue weighted by Crippen LogP contribution is 2.29. The van der Waals surface area contributed by atoms with Crippen LogP contribution in [0.3, 0.4) is 0 Å². The molecule has 0 bridgehead atoms. The Morgan fingerprint density at radius 2 is 2.39 bits per heavy atom. The molecular formula is C13H14BrIN6O2. The number of H-pyrrole nitrogens is 1. The van der Waals surface area contributed by atoms with Gasteiger partial charge in [0.1, 0.15) is 23.4 Å². The summed E-state index contributed by atoms with van der Waals surface area (Å²) >= 11 is 5.23. The summed E-state index contributed by atoms with van der Waals surface area (Å²) in [5.41, 5.74) is 7.63. The zero-order chi connectivity index (χ0) is 16.4. The highest BCUT2D eigenvalue weighted by atomic mass is 127.